The maximum atomic E-state index is 14.1. The van der Waals surface area contributed by atoms with Gasteiger partial charge in [-0.05, 0) is 35.7 Å². The first kappa shape index (κ1) is 31.9. The van der Waals surface area contributed by atoms with E-state index in [0.29, 0.717) is 0 Å². The van der Waals surface area contributed by atoms with E-state index >= 15 is 0 Å². The van der Waals surface area contributed by atoms with E-state index in [1.54, 1.807) is 0 Å². The number of ether oxygens (including phenoxy) is 2. The number of hydrogen-bond acceptors (Lipinski definition) is 8. The van der Waals surface area contributed by atoms with E-state index in [2.05, 4.69) is 0 Å². The van der Waals surface area contributed by atoms with Gasteiger partial charge in [0.25, 0.3) is 0 Å². The SMILES string of the molecule is COC(=O)[C@@H](C[C@@H](O[Si](C)(C)C(C)(C)C)C(=O)OC)CP(=O)(OCc1ccccc1)OCc1ccccc1. The zero-order valence-corrected chi connectivity index (χ0v) is 25.4. The largest absolute Gasteiger partial charge is 0.469 e. The molecule has 38 heavy (non-hydrogen) atoms. The molecule has 0 aromatic heterocycles. The van der Waals surface area contributed by atoms with Crippen LogP contribution in [0.5, 0.6) is 0 Å². The first-order chi connectivity index (χ1) is 17.8. The van der Waals surface area contributed by atoms with Crippen molar-refractivity contribution in [3.8, 4) is 0 Å². The monoisotopic (exact) mass is 564 g/mol. The van der Waals surface area contributed by atoms with Crippen molar-refractivity contribution in [3.05, 3.63) is 71.8 Å². The molecule has 2 rings (SSSR count). The first-order valence-corrected chi connectivity index (χ1v) is 17.2. The molecule has 0 unspecified atom stereocenters. The molecule has 8 nitrogen and oxygen atoms in total. The van der Waals surface area contributed by atoms with E-state index in [4.69, 9.17) is 22.9 Å². The van der Waals surface area contributed by atoms with Crippen LogP contribution in [0.25, 0.3) is 0 Å². The summed E-state index contributed by atoms with van der Waals surface area (Å²) in [6, 6.07) is 18.5. The summed E-state index contributed by atoms with van der Waals surface area (Å²) >= 11 is 0. The molecule has 0 saturated heterocycles. The molecule has 0 radical (unpaired) electrons. The zero-order valence-electron chi connectivity index (χ0n) is 23.5. The highest BCUT2D eigenvalue weighted by Gasteiger charge is 2.43. The normalized spacial score (nSPS) is 14.0. The predicted molar refractivity (Wildman–Crippen MR) is 149 cm³/mol. The summed E-state index contributed by atoms with van der Waals surface area (Å²) in [6.07, 6.45) is -1.41. The van der Waals surface area contributed by atoms with Gasteiger partial charge in [0.15, 0.2) is 8.32 Å². The molecule has 2 aromatic rings. The number of hydrogen-bond donors (Lipinski definition) is 0. The van der Waals surface area contributed by atoms with Crippen molar-refractivity contribution in [2.45, 2.75) is 64.6 Å². The summed E-state index contributed by atoms with van der Waals surface area (Å²) in [6.45, 7) is 10.2. The molecule has 10 heteroatoms. The summed E-state index contributed by atoms with van der Waals surface area (Å²) in [5.41, 5.74) is 1.61. The van der Waals surface area contributed by atoms with Crippen LogP contribution in [0.4, 0.5) is 0 Å². The Morgan fingerprint density at radius 2 is 1.26 bits per heavy atom. The first-order valence-electron chi connectivity index (χ1n) is 12.6. The Bertz CT molecular complexity index is 1020. The van der Waals surface area contributed by atoms with Crippen LogP contribution in [0.1, 0.15) is 38.3 Å². The number of carbonyl (C=O) groups excluding carboxylic acids is 2. The van der Waals surface area contributed by atoms with Crippen molar-refractivity contribution in [2.24, 2.45) is 5.92 Å². The van der Waals surface area contributed by atoms with E-state index in [0.717, 1.165) is 11.1 Å². The lowest BCUT2D eigenvalue weighted by Crippen LogP contribution is -2.47. The standard InChI is InChI=1S/C28H41O8PSi/c1-28(2,3)38(6,7)36-25(27(30)33-5)18-24(26(29)32-4)21-37(31,34-19-22-14-10-8-11-15-22)35-20-23-16-12-9-13-17-23/h8-17,24-25H,18-21H2,1-7H3/t24-,25+/m0/s1. The number of esters is 2. The van der Waals surface area contributed by atoms with Crippen molar-refractivity contribution in [1.29, 1.82) is 0 Å². The van der Waals surface area contributed by atoms with Gasteiger partial charge < -0.3 is 22.9 Å². The van der Waals surface area contributed by atoms with Crippen LogP contribution in [0.2, 0.25) is 18.1 Å². The van der Waals surface area contributed by atoms with Gasteiger partial charge in [-0.15, -0.1) is 0 Å². The summed E-state index contributed by atoms with van der Waals surface area (Å²) in [4.78, 5) is 25.6. The van der Waals surface area contributed by atoms with Crippen LogP contribution in [-0.4, -0.2) is 46.7 Å². The van der Waals surface area contributed by atoms with Gasteiger partial charge >= 0.3 is 19.5 Å². The Kier molecular flexibility index (Phi) is 11.9. The van der Waals surface area contributed by atoms with Crippen molar-refractivity contribution in [1.82, 2.24) is 0 Å². The highest BCUT2D eigenvalue weighted by molar-refractivity contribution is 7.53. The van der Waals surface area contributed by atoms with Crippen LogP contribution in [0.3, 0.4) is 0 Å². The molecule has 210 valence electrons. The van der Waals surface area contributed by atoms with Gasteiger partial charge in [-0.3, -0.25) is 9.36 Å². The molecule has 0 spiro atoms. The summed E-state index contributed by atoms with van der Waals surface area (Å²) in [5, 5.41) is -0.188. The quantitative estimate of drug-likeness (QED) is 0.149. The van der Waals surface area contributed by atoms with Gasteiger partial charge in [-0.25, -0.2) is 4.79 Å². The van der Waals surface area contributed by atoms with E-state index in [9.17, 15) is 14.2 Å². The summed E-state index contributed by atoms with van der Waals surface area (Å²) in [5.74, 6) is -2.23. The Labute approximate surface area is 227 Å². The van der Waals surface area contributed by atoms with Gasteiger partial charge in [-0.2, -0.15) is 0 Å². The molecular formula is C28H41O8PSi. The third kappa shape index (κ3) is 9.78. The maximum absolute atomic E-state index is 14.1. The molecule has 2 atom stereocenters. The van der Waals surface area contributed by atoms with E-state index in [1.165, 1.54) is 14.2 Å². The number of carbonyl (C=O) groups is 2. The van der Waals surface area contributed by atoms with Crippen LogP contribution in [0.15, 0.2) is 60.7 Å². The number of methoxy groups -OCH3 is 2. The molecule has 0 saturated carbocycles. The lowest BCUT2D eigenvalue weighted by Gasteiger charge is -2.39. The Morgan fingerprint density at radius 1 is 0.816 bits per heavy atom. The predicted octanol–water partition coefficient (Wildman–Crippen LogP) is 6.36. The molecule has 0 aliphatic carbocycles. The van der Waals surface area contributed by atoms with E-state index in [-0.39, 0.29) is 30.8 Å². The second kappa shape index (κ2) is 14.2. The minimum absolute atomic E-state index is 0.0295. The Balaban J connectivity index is 2.33. The number of benzene rings is 2. The lowest BCUT2D eigenvalue weighted by atomic mass is 10.0. The van der Waals surface area contributed by atoms with Crippen molar-refractivity contribution in [3.63, 3.8) is 0 Å². The van der Waals surface area contributed by atoms with Crippen LogP contribution < -0.4 is 0 Å². The van der Waals surface area contributed by atoms with Crippen molar-refractivity contribution >= 4 is 27.9 Å². The molecule has 0 aliphatic heterocycles. The third-order valence-electron chi connectivity index (χ3n) is 6.73. The van der Waals surface area contributed by atoms with Crippen molar-refractivity contribution in [2.75, 3.05) is 20.4 Å². The summed E-state index contributed by atoms with van der Waals surface area (Å²) < 4.78 is 42.1. The fourth-order valence-corrected chi connectivity index (χ4v) is 6.51. The molecule has 0 bridgehead atoms. The molecular weight excluding hydrogens is 523 g/mol. The highest BCUT2D eigenvalue weighted by atomic mass is 31.2. The third-order valence-corrected chi connectivity index (χ3v) is 13.1. The second-order valence-electron chi connectivity index (χ2n) is 10.7. The maximum Gasteiger partial charge on any atom is 0.333 e. The highest BCUT2D eigenvalue weighted by Crippen LogP contribution is 2.52. The molecule has 0 aliphatic rings. The molecule has 2 aromatic carbocycles. The van der Waals surface area contributed by atoms with Gasteiger partial charge in [0, 0.05) is 0 Å². The van der Waals surface area contributed by atoms with Crippen LogP contribution >= 0.6 is 7.60 Å². The molecule has 0 amide bonds. The fourth-order valence-electron chi connectivity index (χ4n) is 3.43. The van der Waals surface area contributed by atoms with Crippen LogP contribution in [-0.2, 0) is 50.3 Å². The van der Waals surface area contributed by atoms with E-state index < -0.39 is 39.9 Å². The van der Waals surface area contributed by atoms with E-state index in [1.807, 2.05) is 94.5 Å². The van der Waals surface area contributed by atoms with Gasteiger partial charge in [-0.1, -0.05) is 81.4 Å². The van der Waals surface area contributed by atoms with Crippen molar-refractivity contribution < 1.29 is 37.1 Å². The average molecular weight is 565 g/mol. The molecule has 0 fully saturated rings. The topological polar surface area (TPSA) is 97.4 Å². The second-order valence-corrected chi connectivity index (χ2v) is 17.5. The van der Waals surface area contributed by atoms with Crippen LogP contribution in [0, 0.1) is 5.92 Å². The molecule has 0 N–H and O–H groups in total. The minimum atomic E-state index is -3.85. The van der Waals surface area contributed by atoms with Gasteiger partial charge in [0.1, 0.15) is 6.10 Å². The Morgan fingerprint density at radius 3 is 1.66 bits per heavy atom. The van der Waals surface area contributed by atoms with Gasteiger partial charge in [0.2, 0.25) is 0 Å². The zero-order chi connectivity index (χ0) is 28.4. The average Bonchev–Trinajstić information content (AvgIpc) is 2.89. The Hall–Kier alpha value is -2.29. The summed E-state index contributed by atoms with van der Waals surface area (Å²) in [7, 11) is -3.75. The van der Waals surface area contributed by atoms with Gasteiger partial charge in [0.05, 0.1) is 39.5 Å². The smallest absolute Gasteiger partial charge is 0.333 e. The lowest BCUT2D eigenvalue weighted by molar-refractivity contribution is -0.152. The molecule has 0 heterocycles. The number of rotatable bonds is 14. The minimum Gasteiger partial charge on any atom is -0.469 e. The fraction of sp³-hybridized carbons (Fsp3) is 0.500.